The maximum Gasteiger partial charge on any atom is 0.224 e. The summed E-state index contributed by atoms with van der Waals surface area (Å²) in [4.78, 5) is 23.3. The average Bonchev–Trinajstić information content (AvgIpc) is 2.67. The van der Waals surface area contributed by atoms with Gasteiger partial charge in [-0.3, -0.25) is 4.79 Å². The molecular formula is C19H23FN4O. The molecule has 2 heterocycles. The first kappa shape index (κ1) is 17.3. The Morgan fingerprint density at radius 2 is 2.12 bits per heavy atom. The van der Waals surface area contributed by atoms with Crippen LogP contribution < -0.4 is 10.2 Å². The summed E-state index contributed by atoms with van der Waals surface area (Å²) in [7, 11) is 0. The van der Waals surface area contributed by atoms with E-state index in [1.807, 2.05) is 13.0 Å². The summed E-state index contributed by atoms with van der Waals surface area (Å²) in [6.45, 7) is 4.30. The van der Waals surface area contributed by atoms with Gasteiger partial charge in [-0.25, -0.2) is 14.4 Å². The first-order chi connectivity index (χ1) is 12.2. The minimum absolute atomic E-state index is 0.00969. The van der Waals surface area contributed by atoms with Gasteiger partial charge < -0.3 is 10.2 Å². The number of carbonyl (C=O) groups is 1. The fraction of sp³-hybridized carbons (Fsp3) is 0.421. The number of rotatable bonds is 5. The van der Waals surface area contributed by atoms with Gasteiger partial charge in [0, 0.05) is 31.4 Å². The molecule has 0 spiro atoms. The van der Waals surface area contributed by atoms with Crippen molar-refractivity contribution >= 4 is 11.7 Å². The number of nitrogens with one attached hydrogen (secondary N) is 1. The molecule has 1 aliphatic heterocycles. The van der Waals surface area contributed by atoms with Crippen LogP contribution >= 0.6 is 0 Å². The third-order valence-electron chi connectivity index (χ3n) is 4.41. The van der Waals surface area contributed by atoms with Crippen LogP contribution in [0.4, 0.5) is 10.2 Å². The molecule has 1 saturated heterocycles. The van der Waals surface area contributed by atoms with Crippen LogP contribution in [0.1, 0.15) is 26.2 Å². The molecule has 6 heteroatoms. The number of hydrogen-bond acceptors (Lipinski definition) is 4. The van der Waals surface area contributed by atoms with Crippen LogP contribution in [0, 0.1) is 11.7 Å². The van der Waals surface area contributed by atoms with Gasteiger partial charge in [-0.15, -0.1) is 0 Å². The van der Waals surface area contributed by atoms with E-state index in [1.165, 1.54) is 12.1 Å². The molecule has 132 valence electrons. The van der Waals surface area contributed by atoms with E-state index in [0.29, 0.717) is 12.4 Å². The highest BCUT2D eigenvalue weighted by Crippen LogP contribution is 2.24. The lowest BCUT2D eigenvalue weighted by atomic mass is 9.97. The summed E-state index contributed by atoms with van der Waals surface area (Å²) in [6, 6.07) is 8.01. The minimum Gasteiger partial charge on any atom is -0.356 e. The largest absolute Gasteiger partial charge is 0.356 e. The van der Waals surface area contributed by atoms with Crippen molar-refractivity contribution in [3.8, 4) is 11.4 Å². The Kier molecular flexibility index (Phi) is 5.58. The summed E-state index contributed by atoms with van der Waals surface area (Å²) < 4.78 is 13.1. The number of benzene rings is 1. The Bertz CT molecular complexity index is 720. The average molecular weight is 342 g/mol. The predicted molar refractivity (Wildman–Crippen MR) is 95.7 cm³/mol. The zero-order valence-electron chi connectivity index (χ0n) is 14.4. The molecule has 1 unspecified atom stereocenters. The zero-order chi connectivity index (χ0) is 17.6. The number of piperidine rings is 1. The quantitative estimate of drug-likeness (QED) is 0.907. The highest BCUT2D eigenvalue weighted by molar-refractivity contribution is 5.79. The van der Waals surface area contributed by atoms with E-state index < -0.39 is 0 Å². The lowest BCUT2D eigenvalue weighted by molar-refractivity contribution is -0.125. The third kappa shape index (κ3) is 4.32. The second-order valence-corrected chi connectivity index (χ2v) is 6.32. The van der Waals surface area contributed by atoms with Crippen molar-refractivity contribution in [3.63, 3.8) is 0 Å². The molecule has 1 aromatic carbocycles. The van der Waals surface area contributed by atoms with E-state index in [0.717, 1.165) is 43.7 Å². The van der Waals surface area contributed by atoms with Crippen molar-refractivity contribution in [2.24, 2.45) is 5.92 Å². The van der Waals surface area contributed by atoms with Gasteiger partial charge in [0.05, 0.1) is 5.92 Å². The van der Waals surface area contributed by atoms with E-state index in [2.05, 4.69) is 20.2 Å². The molecule has 1 fully saturated rings. The van der Waals surface area contributed by atoms with Gasteiger partial charge in [-0.2, -0.15) is 0 Å². The summed E-state index contributed by atoms with van der Waals surface area (Å²) >= 11 is 0. The zero-order valence-corrected chi connectivity index (χ0v) is 14.4. The Labute approximate surface area is 147 Å². The molecule has 1 aromatic heterocycles. The van der Waals surface area contributed by atoms with Gasteiger partial charge >= 0.3 is 0 Å². The maximum atomic E-state index is 13.1. The van der Waals surface area contributed by atoms with E-state index in [1.54, 1.807) is 18.3 Å². The van der Waals surface area contributed by atoms with Gasteiger partial charge in [0.25, 0.3) is 0 Å². The van der Waals surface area contributed by atoms with Crippen molar-refractivity contribution in [1.29, 1.82) is 0 Å². The van der Waals surface area contributed by atoms with E-state index >= 15 is 0 Å². The molecule has 1 amide bonds. The monoisotopic (exact) mass is 342 g/mol. The second-order valence-electron chi connectivity index (χ2n) is 6.32. The van der Waals surface area contributed by atoms with E-state index in [9.17, 15) is 9.18 Å². The number of aromatic nitrogens is 2. The van der Waals surface area contributed by atoms with E-state index in [-0.39, 0.29) is 17.6 Å². The number of amides is 1. The molecule has 0 aliphatic carbocycles. The normalized spacial score (nSPS) is 17.4. The summed E-state index contributed by atoms with van der Waals surface area (Å²) in [5.41, 5.74) is 0.775. The predicted octanol–water partition coefficient (Wildman–Crippen LogP) is 3.03. The third-order valence-corrected chi connectivity index (χ3v) is 4.41. The molecule has 3 rings (SSSR count). The first-order valence-corrected chi connectivity index (χ1v) is 8.79. The number of anilines is 1. The SMILES string of the molecule is CCCNC(=O)C1CCCN(c2ccnc(-c3ccc(F)cc3)n2)C1. The topological polar surface area (TPSA) is 58.1 Å². The highest BCUT2D eigenvalue weighted by Gasteiger charge is 2.26. The Morgan fingerprint density at radius 3 is 2.88 bits per heavy atom. The van der Waals surface area contributed by atoms with Gasteiger partial charge in [-0.05, 0) is 49.6 Å². The van der Waals surface area contributed by atoms with Gasteiger partial charge in [0.2, 0.25) is 5.91 Å². The molecule has 1 N–H and O–H groups in total. The minimum atomic E-state index is -0.281. The standard InChI is InChI=1S/C19H23FN4O/c1-2-10-22-19(25)15-4-3-12-24(13-15)17-9-11-21-18(23-17)14-5-7-16(20)8-6-14/h5-9,11,15H,2-4,10,12-13H2,1H3,(H,22,25). The molecule has 0 radical (unpaired) electrons. The Morgan fingerprint density at radius 1 is 1.32 bits per heavy atom. The first-order valence-electron chi connectivity index (χ1n) is 8.79. The lowest BCUT2D eigenvalue weighted by Gasteiger charge is -2.33. The van der Waals surface area contributed by atoms with E-state index in [4.69, 9.17) is 0 Å². The number of hydrogen-bond donors (Lipinski definition) is 1. The summed E-state index contributed by atoms with van der Waals surface area (Å²) in [5.74, 6) is 1.21. The molecular weight excluding hydrogens is 319 g/mol. The summed E-state index contributed by atoms with van der Waals surface area (Å²) in [5, 5.41) is 2.98. The molecule has 1 atom stereocenters. The maximum absolute atomic E-state index is 13.1. The van der Waals surface area contributed by atoms with Crippen molar-refractivity contribution in [1.82, 2.24) is 15.3 Å². The fourth-order valence-electron chi connectivity index (χ4n) is 3.06. The van der Waals surface area contributed by atoms with Crippen LogP contribution in [0.3, 0.4) is 0 Å². The highest BCUT2D eigenvalue weighted by atomic mass is 19.1. The van der Waals surface area contributed by atoms with Crippen molar-refractivity contribution < 1.29 is 9.18 Å². The fourth-order valence-corrected chi connectivity index (χ4v) is 3.06. The van der Waals surface area contributed by atoms with Crippen LogP contribution in [0.5, 0.6) is 0 Å². The lowest BCUT2D eigenvalue weighted by Crippen LogP contribution is -2.43. The van der Waals surface area contributed by atoms with Crippen molar-refractivity contribution in [2.45, 2.75) is 26.2 Å². The molecule has 1 aliphatic rings. The molecule has 0 saturated carbocycles. The van der Waals surface area contributed by atoms with Gasteiger partial charge in [-0.1, -0.05) is 6.92 Å². The Hall–Kier alpha value is -2.50. The summed E-state index contributed by atoms with van der Waals surface area (Å²) in [6.07, 6.45) is 4.51. The molecule has 25 heavy (non-hydrogen) atoms. The Balaban J connectivity index is 1.74. The van der Waals surface area contributed by atoms with Crippen LogP contribution in [0.15, 0.2) is 36.5 Å². The number of halogens is 1. The smallest absolute Gasteiger partial charge is 0.224 e. The van der Waals surface area contributed by atoms with Crippen LogP contribution in [0.25, 0.3) is 11.4 Å². The van der Waals surface area contributed by atoms with Crippen molar-refractivity contribution in [3.05, 3.63) is 42.3 Å². The van der Waals surface area contributed by atoms with Gasteiger partial charge in [0.15, 0.2) is 5.82 Å². The van der Waals surface area contributed by atoms with Crippen LogP contribution in [-0.4, -0.2) is 35.5 Å². The number of nitrogens with zero attached hydrogens (tertiary/aromatic N) is 3. The van der Waals surface area contributed by atoms with Gasteiger partial charge in [0.1, 0.15) is 11.6 Å². The molecule has 2 aromatic rings. The van der Waals surface area contributed by atoms with Crippen LogP contribution in [-0.2, 0) is 4.79 Å². The number of carbonyl (C=O) groups excluding carboxylic acids is 1. The molecule has 5 nitrogen and oxygen atoms in total. The molecule has 0 bridgehead atoms. The second kappa shape index (κ2) is 8.05. The van der Waals surface area contributed by atoms with Crippen LogP contribution in [0.2, 0.25) is 0 Å². The van der Waals surface area contributed by atoms with Crippen molar-refractivity contribution in [2.75, 3.05) is 24.5 Å².